The molecular formula is C16H27N5. The molecule has 0 saturated carbocycles. The number of nitrogens with zero attached hydrogens (tertiary/aromatic N) is 4. The van der Waals surface area contributed by atoms with Crippen molar-refractivity contribution in [2.24, 2.45) is 0 Å². The molecule has 0 aliphatic carbocycles. The van der Waals surface area contributed by atoms with Gasteiger partial charge in [0.05, 0.1) is 24.1 Å². The summed E-state index contributed by atoms with van der Waals surface area (Å²) in [5.41, 5.74) is 3.70. The van der Waals surface area contributed by atoms with Crippen LogP contribution >= 0.6 is 0 Å². The SMILES string of the molecule is CCc1cc(Cn2cc(CNC(C)(C)C)cn2)n(CC)n1. The molecule has 2 aromatic rings. The molecule has 0 aliphatic rings. The monoisotopic (exact) mass is 289 g/mol. The number of rotatable bonds is 6. The molecule has 1 N–H and O–H groups in total. The van der Waals surface area contributed by atoms with Gasteiger partial charge in [-0.1, -0.05) is 6.92 Å². The molecule has 21 heavy (non-hydrogen) atoms. The van der Waals surface area contributed by atoms with Crippen molar-refractivity contribution in [1.29, 1.82) is 0 Å². The summed E-state index contributed by atoms with van der Waals surface area (Å²) < 4.78 is 4.05. The number of hydrogen-bond acceptors (Lipinski definition) is 3. The molecule has 0 bridgehead atoms. The Bertz CT molecular complexity index is 574. The molecule has 0 atom stereocenters. The number of aromatic nitrogens is 4. The average molecular weight is 289 g/mol. The summed E-state index contributed by atoms with van der Waals surface area (Å²) in [5, 5.41) is 12.5. The van der Waals surface area contributed by atoms with Gasteiger partial charge in [0.2, 0.25) is 0 Å². The van der Waals surface area contributed by atoms with Crippen molar-refractivity contribution in [3.8, 4) is 0 Å². The largest absolute Gasteiger partial charge is 0.308 e. The highest BCUT2D eigenvalue weighted by molar-refractivity contribution is 5.12. The van der Waals surface area contributed by atoms with Crippen molar-refractivity contribution in [3.05, 3.63) is 35.4 Å². The van der Waals surface area contributed by atoms with Gasteiger partial charge in [0.25, 0.3) is 0 Å². The Morgan fingerprint density at radius 2 is 2.00 bits per heavy atom. The molecule has 0 spiro atoms. The maximum atomic E-state index is 4.58. The molecule has 0 aliphatic heterocycles. The molecule has 0 fully saturated rings. The van der Waals surface area contributed by atoms with Crippen LogP contribution in [0.4, 0.5) is 0 Å². The van der Waals surface area contributed by atoms with E-state index in [0.29, 0.717) is 0 Å². The predicted molar refractivity (Wildman–Crippen MR) is 85.2 cm³/mol. The molecule has 116 valence electrons. The zero-order valence-corrected chi connectivity index (χ0v) is 13.8. The van der Waals surface area contributed by atoms with Crippen LogP contribution in [0.25, 0.3) is 0 Å². The van der Waals surface area contributed by atoms with Gasteiger partial charge >= 0.3 is 0 Å². The second kappa shape index (κ2) is 6.43. The van der Waals surface area contributed by atoms with Crippen molar-refractivity contribution < 1.29 is 0 Å². The Morgan fingerprint density at radius 1 is 1.24 bits per heavy atom. The van der Waals surface area contributed by atoms with E-state index in [1.807, 2.05) is 10.9 Å². The number of hydrogen-bond donors (Lipinski definition) is 1. The van der Waals surface area contributed by atoms with Crippen LogP contribution in [0.2, 0.25) is 0 Å². The lowest BCUT2D eigenvalue weighted by atomic mass is 10.1. The second-order valence-corrected chi connectivity index (χ2v) is 6.45. The Kier molecular flexibility index (Phi) is 4.83. The molecule has 0 radical (unpaired) electrons. The third kappa shape index (κ3) is 4.43. The summed E-state index contributed by atoms with van der Waals surface area (Å²) >= 11 is 0. The minimum Gasteiger partial charge on any atom is -0.308 e. The highest BCUT2D eigenvalue weighted by atomic mass is 15.3. The van der Waals surface area contributed by atoms with E-state index in [-0.39, 0.29) is 5.54 Å². The topological polar surface area (TPSA) is 47.7 Å². The molecule has 0 aromatic carbocycles. The van der Waals surface area contributed by atoms with Gasteiger partial charge in [0.15, 0.2) is 0 Å². The van der Waals surface area contributed by atoms with Gasteiger partial charge in [-0.3, -0.25) is 9.36 Å². The van der Waals surface area contributed by atoms with Crippen LogP contribution in [0.15, 0.2) is 18.5 Å². The molecule has 2 aromatic heterocycles. The van der Waals surface area contributed by atoms with Crippen molar-refractivity contribution in [2.45, 2.75) is 66.2 Å². The van der Waals surface area contributed by atoms with Gasteiger partial charge in [0, 0.05) is 30.4 Å². The van der Waals surface area contributed by atoms with Gasteiger partial charge in [-0.25, -0.2) is 0 Å². The summed E-state index contributed by atoms with van der Waals surface area (Å²) in [6.07, 6.45) is 5.02. The third-order valence-corrected chi connectivity index (χ3v) is 3.41. The first-order valence-electron chi connectivity index (χ1n) is 7.73. The first kappa shape index (κ1) is 15.8. The van der Waals surface area contributed by atoms with E-state index in [9.17, 15) is 0 Å². The van der Waals surface area contributed by atoms with Gasteiger partial charge in [-0.05, 0) is 40.2 Å². The van der Waals surface area contributed by atoms with Crippen LogP contribution in [0, 0.1) is 0 Å². The highest BCUT2D eigenvalue weighted by Gasteiger charge is 2.10. The van der Waals surface area contributed by atoms with Crippen molar-refractivity contribution in [1.82, 2.24) is 24.9 Å². The molecule has 0 unspecified atom stereocenters. The van der Waals surface area contributed by atoms with E-state index in [1.165, 1.54) is 11.3 Å². The van der Waals surface area contributed by atoms with Gasteiger partial charge in [-0.15, -0.1) is 0 Å². The molecule has 2 heterocycles. The van der Waals surface area contributed by atoms with E-state index < -0.39 is 0 Å². The summed E-state index contributed by atoms with van der Waals surface area (Å²) in [4.78, 5) is 0. The van der Waals surface area contributed by atoms with Gasteiger partial charge < -0.3 is 5.32 Å². The fraction of sp³-hybridized carbons (Fsp3) is 0.625. The Labute approximate surface area is 127 Å². The van der Waals surface area contributed by atoms with Crippen LogP contribution < -0.4 is 5.32 Å². The van der Waals surface area contributed by atoms with Crippen LogP contribution in [-0.2, 0) is 26.1 Å². The van der Waals surface area contributed by atoms with Crippen molar-refractivity contribution in [3.63, 3.8) is 0 Å². The Balaban J connectivity index is 2.03. The average Bonchev–Trinajstić information content (AvgIpc) is 3.02. The predicted octanol–water partition coefficient (Wildman–Crippen LogP) is 2.60. The van der Waals surface area contributed by atoms with E-state index in [1.54, 1.807) is 0 Å². The molecular weight excluding hydrogens is 262 g/mol. The minimum atomic E-state index is 0.124. The first-order chi connectivity index (χ1) is 9.91. The smallest absolute Gasteiger partial charge is 0.0828 e. The van der Waals surface area contributed by atoms with Crippen molar-refractivity contribution >= 4 is 0 Å². The quantitative estimate of drug-likeness (QED) is 0.889. The standard InChI is InChI=1S/C16H27N5/c1-6-14-8-15(21(7-2)19-14)12-20-11-13(10-18-20)9-17-16(3,4)5/h8,10-11,17H,6-7,9,12H2,1-5H3. The lowest BCUT2D eigenvalue weighted by Crippen LogP contribution is -2.34. The fourth-order valence-corrected chi connectivity index (χ4v) is 2.21. The molecule has 5 nitrogen and oxygen atoms in total. The summed E-state index contributed by atoms with van der Waals surface area (Å²) in [5.74, 6) is 0. The van der Waals surface area contributed by atoms with Crippen LogP contribution in [-0.4, -0.2) is 25.1 Å². The zero-order valence-electron chi connectivity index (χ0n) is 13.8. The zero-order chi connectivity index (χ0) is 15.5. The van der Waals surface area contributed by atoms with Crippen LogP contribution in [0.3, 0.4) is 0 Å². The Hall–Kier alpha value is -1.62. The lowest BCUT2D eigenvalue weighted by molar-refractivity contribution is 0.424. The maximum Gasteiger partial charge on any atom is 0.0828 e. The van der Waals surface area contributed by atoms with Crippen molar-refractivity contribution in [2.75, 3.05) is 0 Å². The van der Waals surface area contributed by atoms with Crippen LogP contribution in [0.5, 0.6) is 0 Å². The normalized spacial score (nSPS) is 12.0. The summed E-state index contributed by atoms with van der Waals surface area (Å²) in [6, 6.07) is 2.18. The number of nitrogens with one attached hydrogen (secondary N) is 1. The summed E-state index contributed by atoms with van der Waals surface area (Å²) in [7, 11) is 0. The first-order valence-corrected chi connectivity index (χ1v) is 7.73. The highest BCUT2D eigenvalue weighted by Crippen LogP contribution is 2.09. The maximum absolute atomic E-state index is 4.58. The Morgan fingerprint density at radius 3 is 2.62 bits per heavy atom. The van der Waals surface area contributed by atoms with Gasteiger partial charge in [0.1, 0.15) is 0 Å². The van der Waals surface area contributed by atoms with E-state index in [4.69, 9.17) is 0 Å². The molecule has 2 rings (SSSR count). The molecule has 0 amide bonds. The molecule has 5 heteroatoms. The second-order valence-electron chi connectivity index (χ2n) is 6.45. The van der Waals surface area contributed by atoms with E-state index >= 15 is 0 Å². The van der Waals surface area contributed by atoms with E-state index in [2.05, 4.69) is 67.1 Å². The number of aryl methyl sites for hydroxylation is 2. The lowest BCUT2D eigenvalue weighted by Gasteiger charge is -2.19. The third-order valence-electron chi connectivity index (χ3n) is 3.41. The van der Waals surface area contributed by atoms with Crippen LogP contribution in [0.1, 0.15) is 51.6 Å². The summed E-state index contributed by atoms with van der Waals surface area (Å²) in [6.45, 7) is 13.3. The van der Waals surface area contributed by atoms with Gasteiger partial charge in [-0.2, -0.15) is 10.2 Å². The molecule has 0 saturated heterocycles. The van der Waals surface area contributed by atoms with E-state index in [0.717, 1.165) is 31.7 Å². The minimum absolute atomic E-state index is 0.124. The fourth-order valence-electron chi connectivity index (χ4n) is 2.21.